The van der Waals surface area contributed by atoms with Gasteiger partial charge in [-0.15, -0.1) is 0 Å². The molecule has 0 fully saturated rings. The first-order chi connectivity index (χ1) is 26.0. The highest BCUT2D eigenvalue weighted by molar-refractivity contribution is 6.32. The Kier molecular flexibility index (Phi) is 10.8. The second kappa shape index (κ2) is 15.1. The Balaban J connectivity index is 0.00000285. The van der Waals surface area contributed by atoms with Gasteiger partial charge in [-0.2, -0.15) is 0 Å². The van der Waals surface area contributed by atoms with Crippen molar-refractivity contribution < 1.29 is 47.8 Å². The number of benzene rings is 4. The van der Waals surface area contributed by atoms with Crippen LogP contribution in [0.1, 0.15) is 115 Å². The van der Waals surface area contributed by atoms with Crippen molar-refractivity contribution in [2.24, 2.45) is 0 Å². The van der Waals surface area contributed by atoms with Gasteiger partial charge in [0.25, 0.3) is 35.4 Å². The molecule has 0 saturated heterocycles. The maximum atomic E-state index is 13.0. The molecule has 4 aromatic rings. The number of carbonyl (C=O) groups is 8. The third kappa shape index (κ3) is 7.17. The topological polar surface area (TPSA) is 162 Å². The molecule has 0 N–H and O–H groups in total. The number of hydrogen-bond donors (Lipinski definition) is 0. The van der Waals surface area contributed by atoms with Crippen LogP contribution in [0.3, 0.4) is 0 Å². The van der Waals surface area contributed by atoms with Gasteiger partial charge in [0.1, 0.15) is 11.5 Å². The van der Waals surface area contributed by atoms with Crippen molar-refractivity contribution in [1.29, 1.82) is 0 Å². The molecule has 0 radical (unpaired) electrons. The van der Waals surface area contributed by atoms with E-state index in [0.29, 0.717) is 9.80 Å². The molecule has 0 bridgehead atoms. The number of hydrogen-bond acceptors (Lipinski definition) is 10. The van der Waals surface area contributed by atoms with Gasteiger partial charge in [-0.05, 0) is 85.6 Å². The zero-order chi connectivity index (χ0) is 40.5. The van der Waals surface area contributed by atoms with E-state index in [1.807, 2.05) is 27.7 Å². The second-order valence-electron chi connectivity index (χ2n) is 13.0. The first-order valence-corrected chi connectivity index (χ1v) is 17.1. The van der Waals surface area contributed by atoms with Crippen LogP contribution >= 0.6 is 0 Å². The summed E-state index contributed by atoms with van der Waals surface area (Å²) in [6.07, 6.45) is 0. The van der Waals surface area contributed by atoms with Crippen molar-refractivity contribution in [3.8, 4) is 11.5 Å². The summed E-state index contributed by atoms with van der Waals surface area (Å²) in [5.74, 6) is -5.97. The molecule has 0 atom stereocenters. The van der Waals surface area contributed by atoms with Gasteiger partial charge in [-0.25, -0.2) is 19.4 Å². The summed E-state index contributed by atoms with van der Waals surface area (Å²) in [4.78, 5) is 102. The van der Waals surface area contributed by atoms with E-state index in [1.165, 1.54) is 50.2 Å². The van der Waals surface area contributed by atoms with Crippen LogP contribution in [0, 0.1) is 0 Å². The minimum absolute atomic E-state index is 0.000395. The van der Waals surface area contributed by atoms with E-state index >= 15 is 0 Å². The summed E-state index contributed by atoms with van der Waals surface area (Å²) in [7, 11) is 0. The monoisotopic (exact) mass is 740 g/mol. The summed E-state index contributed by atoms with van der Waals surface area (Å²) in [6.45, 7) is 17.7. The number of fused-ring (bicyclic) bond motifs is 2. The molecular formula is C43H36N2O10. The number of nitrogens with zero attached hydrogens (tertiary/aromatic N) is 2. The van der Waals surface area contributed by atoms with Crippen molar-refractivity contribution in [2.45, 2.75) is 47.0 Å². The maximum absolute atomic E-state index is 13.0. The maximum Gasteiger partial charge on any atom is 0.343 e. The van der Waals surface area contributed by atoms with Gasteiger partial charge in [0.05, 0.1) is 33.4 Å². The summed E-state index contributed by atoms with van der Waals surface area (Å²) < 4.78 is 11.0. The average molecular weight is 741 g/mol. The van der Waals surface area contributed by atoms with E-state index in [-0.39, 0.29) is 56.0 Å². The van der Waals surface area contributed by atoms with E-state index in [9.17, 15) is 38.4 Å². The minimum Gasteiger partial charge on any atom is -0.423 e. The lowest BCUT2D eigenvalue weighted by molar-refractivity contribution is -0.123. The molecule has 4 aromatic carbocycles. The number of imide groups is 6. The van der Waals surface area contributed by atoms with Crippen LogP contribution in [0.25, 0.3) is 0 Å². The fourth-order valence-corrected chi connectivity index (χ4v) is 5.86. The first kappa shape index (κ1) is 39.1. The van der Waals surface area contributed by atoms with Crippen LogP contribution in [0.2, 0.25) is 0 Å². The van der Waals surface area contributed by atoms with E-state index in [4.69, 9.17) is 9.47 Å². The molecule has 2 aliphatic heterocycles. The Bertz CT molecular complexity index is 2200. The molecular weight excluding hydrogens is 704 g/mol. The predicted molar refractivity (Wildman–Crippen MR) is 200 cm³/mol. The number of esters is 2. The zero-order valence-corrected chi connectivity index (χ0v) is 31.0. The highest BCUT2D eigenvalue weighted by Gasteiger charge is 2.41. The fourth-order valence-electron chi connectivity index (χ4n) is 5.86. The van der Waals surface area contributed by atoms with Gasteiger partial charge >= 0.3 is 11.9 Å². The highest BCUT2D eigenvalue weighted by atomic mass is 16.5. The number of rotatable bonds is 8. The van der Waals surface area contributed by atoms with Crippen LogP contribution in [-0.2, 0) is 15.0 Å². The molecule has 12 heteroatoms. The average Bonchev–Trinajstić information content (AvgIpc) is 3.57. The van der Waals surface area contributed by atoms with E-state index in [0.717, 1.165) is 11.1 Å². The molecule has 0 aliphatic carbocycles. The van der Waals surface area contributed by atoms with Crippen LogP contribution < -0.4 is 9.47 Å². The van der Waals surface area contributed by atoms with Crippen molar-refractivity contribution in [1.82, 2.24) is 9.80 Å². The van der Waals surface area contributed by atoms with Crippen LogP contribution in [0.15, 0.2) is 109 Å². The van der Waals surface area contributed by atoms with Crippen LogP contribution in [-0.4, -0.2) is 57.2 Å². The molecule has 2 heterocycles. The number of carbonyl (C=O) groups excluding carboxylic acids is 8. The third-order valence-electron chi connectivity index (χ3n) is 8.95. The molecule has 0 spiro atoms. The van der Waals surface area contributed by atoms with Crippen LogP contribution in [0.4, 0.5) is 0 Å². The highest BCUT2D eigenvalue weighted by Crippen LogP contribution is 2.34. The molecule has 55 heavy (non-hydrogen) atoms. The normalized spacial score (nSPS) is 13.1. The van der Waals surface area contributed by atoms with Gasteiger partial charge in [0, 0.05) is 16.6 Å². The third-order valence-corrected chi connectivity index (χ3v) is 8.95. The molecule has 12 nitrogen and oxygen atoms in total. The van der Waals surface area contributed by atoms with Gasteiger partial charge < -0.3 is 9.47 Å². The fraction of sp³-hybridized carbons (Fsp3) is 0.163. The lowest BCUT2D eigenvalue weighted by Crippen LogP contribution is -2.36. The van der Waals surface area contributed by atoms with Gasteiger partial charge in [-0.3, -0.25) is 28.8 Å². The summed E-state index contributed by atoms with van der Waals surface area (Å²) in [5.41, 5.74) is 1.08. The Morgan fingerprint density at radius 3 is 1.13 bits per heavy atom. The number of ether oxygens (including phenoxy) is 2. The molecule has 6 rings (SSSR count). The Morgan fingerprint density at radius 1 is 0.509 bits per heavy atom. The standard InChI is InChI=1S/C41H30N2O10.C2H6/c1-21(2)33(44)42-35(46)29-17-7-23(19-31(29)37(42)48)39(50)52-27-13-9-25(10-14-27)41(5,6)26-11-15-28(16-12-26)53-40(51)24-8-18-30-32(20-24)38(49)43(36(30)47)34(45)22(3)4;1-2/h7-20H,1,3H2,2,4-6H3;1-2H3. The van der Waals surface area contributed by atoms with E-state index in [2.05, 4.69) is 13.2 Å². The molecule has 0 aromatic heterocycles. The minimum atomic E-state index is -0.841. The zero-order valence-electron chi connectivity index (χ0n) is 31.0. The lowest BCUT2D eigenvalue weighted by atomic mass is 9.78. The summed E-state index contributed by atoms with van der Waals surface area (Å²) in [5, 5.41) is 0. The molecule has 0 unspecified atom stereocenters. The number of amides is 6. The van der Waals surface area contributed by atoms with Crippen molar-refractivity contribution >= 4 is 47.4 Å². The lowest BCUT2D eigenvalue weighted by Gasteiger charge is -2.26. The van der Waals surface area contributed by atoms with Gasteiger partial charge in [0.15, 0.2) is 0 Å². The predicted octanol–water partition coefficient (Wildman–Crippen LogP) is 6.87. The Labute approximate surface area is 316 Å². The first-order valence-electron chi connectivity index (χ1n) is 17.1. The van der Waals surface area contributed by atoms with Crippen LogP contribution in [0.5, 0.6) is 11.5 Å². The summed E-state index contributed by atoms with van der Waals surface area (Å²) in [6, 6.07) is 21.3. The molecule has 0 saturated carbocycles. The van der Waals surface area contributed by atoms with E-state index < -0.39 is 52.8 Å². The molecule has 2 aliphatic rings. The molecule has 278 valence electrons. The SMILES string of the molecule is C=C(C)C(=O)N1C(=O)c2ccc(C(=O)Oc3ccc(C(C)(C)c4ccc(OC(=O)c5ccc6c(c5)C(=O)N(C(=O)C(=C)C)C6=O)cc4)cc3)cc2C1=O.CC. The quantitative estimate of drug-likeness (QED) is 0.0806. The smallest absolute Gasteiger partial charge is 0.343 e. The van der Waals surface area contributed by atoms with Crippen molar-refractivity contribution in [3.63, 3.8) is 0 Å². The molecule has 6 amide bonds. The van der Waals surface area contributed by atoms with Gasteiger partial charge in [0.2, 0.25) is 0 Å². The largest absolute Gasteiger partial charge is 0.423 e. The summed E-state index contributed by atoms with van der Waals surface area (Å²) >= 11 is 0. The van der Waals surface area contributed by atoms with E-state index in [1.54, 1.807) is 48.5 Å². The van der Waals surface area contributed by atoms with Gasteiger partial charge in [-0.1, -0.05) is 65.1 Å². The second-order valence-corrected chi connectivity index (χ2v) is 13.0. The Hall–Kier alpha value is -7.08. The van der Waals surface area contributed by atoms with Crippen molar-refractivity contribution in [2.75, 3.05) is 0 Å². The van der Waals surface area contributed by atoms with Crippen molar-refractivity contribution in [3.05, 3.63) is 154 Å². The Morgan fingerprint density at radius 2 is 0.818 bits per heavy atom.